The first-order valence-corrected chi connectivity index (χ1v) is 16.0. The molecule has 0 unspecified atom stereocenters. The van der Waals surface area contributed by atoms with Crippen molar-refractivity contribution in [2.45, 2.75) is 69.7 Å². The highest BCUT2D eigenvalue weighted by Crippen LogP contribution is 2.41. The van der Waals surface area contributed by atoms with E-state index in [1.54, 1.807) is 0 Å². The fourth-order valence-corrected chi connectivity index (χ4v) is 8.00. The Kier molecular flexibility index (Phi) is 7.92. The highest BCUT2D eigenvalue weighted by molar-refractivity contribution is 5.91. The number of piperazine rings is 1. The molecular formula is C35H39FN6O3. The van der Waals surface area contributed by atoms with Gasteiger partial charge in [-0.1, -0.05) is 43.0 Å². The Bertz CT molecular complexity index is 1670. The number of fused-ring (bicyclic) bond motifs is 3. The van der Waals surface area contributed by atoms with Gasteiger partial charge in [-0.15, -0.1) is 0 Å². The van der Waals surface area contributed by atoms with Crippen LogP contribution in [0.3, 0.4) is 0 Å². The first-order chi connectivity index (χ1) is 21.9. The molecular weight excluding hydrogens is 571 g/mol. The summed E-state index contributed by atoms with van der Waals surface area (Å²) in [6.07, 6.45) is 5.04. The number of aromatic nitrogens is 2. The molecule has 3 aromatic rings. The number of carbonyl (C=O) groups is 1. The quantitative estimate of drug-likeness (QED) is 0.338. The van der Waals surface area contributed by atoms with Gasteiger partial charge < -0.3 is 19.3 Å². The molecule has 3 saturated heterocycles. The third kappa shape index (κ3) is 5.42. The summed E-state index contributed by atoms with van der Waals surface area (Å²) in [5.74, 6) is -1.09. The van der Waals surface area contributed by atoms with Gasteiger partial charge in [-0.2, -0.15) is 15.2 Å². The van der Waals surface area contributed by atoms with E-state index in [2.05, 4.69) is 65.8 Å². The second-order valence-electron chi connectivity index (χ2n) is 12.9. The van der Waals surface area contributed by atoms with Crippen LogP contribution in [0.4, 0.5) is 10.2 Å². The van der Waals surface area contributed by atoms with Gasteiger partial charge in [0.1, 0.15) is 12.4 Å². The van der Waals surface area contributed by atoms with Crippen LogP contribution in [-0.4, -0.2) is 76.6 Å². The molecule has 234 valence electrons. The molecule has 45 heavy (non-hydrogen) atoms. The van der Waals surface area contributed by atoms with Gasteiger partial charge in [0.15, 0.2) is 5.83 Å². The summed E-state index contributed by atoms with van der Waals surface area (Å²) in [6.45, 7) is 9.41. The minimum absolute atomic E-state index is 0.0458. The van der Waals surface area contributed by atoms with Crippen LogP contribution in [-0.2, 0) is 22.6 Å². The summed E-state index contributed by atoms with van der Waals surface area (Å²) in [5.41, 5.74) is 4.16. The highest BCUT2D eigenvalue weighted by Gasteiger charge is 2.45. The minimum atomic E-state index is -1.02. The minimum Gasteiger partial charge on any atom is -0.461 e. The van der Waals surface area contributed by atoms with Gasteiger partial charge in [0.2, 0.25) is 0 Å². The molecule has 4 aliphatic rings. The molecule has 0 N–H and O–H groups in total. The Labute approximate surface area is 263 Å². The monoisotopic (exact) mass is 610 g/mol. The third-order valence-electron chi connectivity index (χ3n) is 10.2. The first kappa shape index (κ1) is 29.6. The maximum atomic E-state index is 13.9. The topological polar surface area (TPSA) is 94.8 Å². The number of amides is 1. The molecule has 9 nitrogen and oxygen atoms in total. The Morgan fingerprint density at radius 2 is 1.93 bits per heavy atom. The molecule has 0 bridgehead atoms. The summed E-state index contributed by atoms with van der Waals surface area (Å²) in [7, 11) is 0. The van der Waals surface area contributed by atoms with Gasteiger partial charge in [-0.3, -0.25) is 9.69 Å². The molecule has 7 rings (SSSR count). The van der Waals surface area contributed by atoms with Crippen molar-refractivity contribution >= 4 is 22.5 Å². The van der Waals surface area contributed by atoms with E-state index >= 15 is 0 Å². The average Bonchev–Trinajstić information content (AvgIpc) is 3.63. The van der Waals surface area contributed by atoms with Crippen LogP contribution in [0, 0.1) is 18.3 Å². The van der Waals surface area contributed by atoms with Crippen molar-refractivity contribution in [1.82, 2.24) is 19.8 Å². The number of rotatable bonds is 7. The number of nitriles is 1. The molecule has 1 amide bonds. The van der Waals surface area contributed by atoms with E-state index in [0.29, 0.717) is 44.6 Å². The number of hydrogen-bond acceptors (Lipinski definition) is 8. The molecule has 2 atom stereocenters. The van der Waals surface area contributed by atoms with Gasteiger partial charge >= 0.3 is 6.01 Å². The standard InChI is InChI=1S/C35H39FN6O3/c1-23-7-3-8-25-9-4-10-27(31(23)25)30-19-29-28(21-44-30)32(40-17-18-42(33(43)24(2)36)26(20-40)11-14-37)39-34(38-29)45-22-35-12-5-15-41(35)16-6-13-35/h3-4,7-10,26,30H,2,5-6,11-13,15-22H2,1H3/t26-,30+/m0/s1. The van der Waals surface area contributed by atoms with Crippen LogP contribution < -0.4 is 9.64 Å². The van der Waals surface area contributed by atoms with Crippen LogP contribution >= 0.6 is 0 Å². The van der Waals surface area contributed by atoms with E-state index in [1.165, 1.54) is 34.1 Å². The summed E-state index contributed by atoms with van der Waals surface area (Å²) >= 11 is 0. The van der Waals surface area contributed by atoms with Crippen molar-refractivity contribution in [3.8, 4) is 12.1 Å². The smallest absolute Gasteiger partial charge is 0.318 e. The maximum absolute atomic E-state index is 13.9. The van der Waals surface area contributed by atoms with Crippen LogP contribution in [0.25, 0.3) is 10.8 Å². The van der Waals surface area contributed by atoms with Gasteiger partial charge in [0.25, 0.3) is 5.91 Å². The van der Waals surface area contributed by atoms with Gasteiger partial charge in [-0.05, 0) is 67.6 Å². The van der Waals surface area contributed by atoms with Gasteiger partial charge in [0.05, 0.1) is 42.5 Å². The second-order valence-corrected chi connectivity index (χ2v) is 12.9. The van der Waals surface area contributed by atoms with Gasteiger partial charge in [-0.25, -0.2) is 4.39 Å². The molecule has 0 saturated carbocycles. The number of nitrogens with zero attached hydrogens (tertiary/aromatic N) is 6. The SMILES string of the molecule is C=C(F)C(=O)N1CCN(c2nc(OCC34CCCN3CCC4)nc3c2CO[C@@H](c2cccc4cccc(C)c24)C3)C[C@@H]1CC#N. The number of anilines is 1. The van der Waals surface area contributed by atoms with Gasteiger partial charge in [0, 0.05) is 31.6 Å². The van der Waals surface area contributed by atoms with Crippen molar-refractivity contribution in [3.05, 3.63) is 71.2 Å². The highest BCUT2D eigenvalue weighted by atomic mass is 19.1. The zero-order valence-corrected chi connectivity index (χ0v) is 25.8. The molecule has 3 fully saturated rings. The normalized spacial score (nSPS) is 22.6. The molecule has 0 radical (unpaired) electrons. The fraction of sp³-hybridized carbons (Fsp3) is 0.486. The summed E-state index contributed by atoms with van der Waals surface area (Å²) in [5, 5.41) is 11.9. The number of benzene rings is 2. The summed E-state index contributed by atoms with van der Waals surface area (Å²) in [6, 6.07) is 14.7. The number of ether oxygens (including phenoxy) is 2. The predicted octanol–water partition coefficient (Wildman–Crippen LogP) is 5.17. The molecule has 2 aromatic carbocycles. The maximum Gasteiger partial charge on any atom is 0.318 e. The second kappa shape index (κ2) is 12.0. The van der Waals surface area contributed by atoms with E-state index in [0.717, 1.165) is 42.8 Å². The Morgan fingerprint density at radius 3 is 2.69 bits per heavy atom. The molecule has 1 aromatic heterocycles. The number of halogens is 1. The lowest BCUT2D eigenvalue weighted by atomic mass is 9.92. The molecule has 0 spiro atoms. The lowest BCUT2D eigenvalue weighted by Gasteiger charge is -2.42. The molecule has 0 aliphatic carbocycles. The van der Waals surface area contributed by atoms with Crippen LogP contribution in [0.2, 0.25) is 0 Å². The Balaban J connectivity index is 1.23. The molecule has 5 heterocycles. The number of hydrogen-bond donors (Lipinski definition) is 0. The Hall–Kier alpha value is -4.07. The predicted molar refractivity (Wildman–Crippen MR) is 168 cm³/mol. The zero-order valence-electron chi connectivity index (χ0n) is 25.8. The first-order valence-electron chi connectivity index (χ1n) is 16.0. The van der Waals surface area contributed by atoms with Crippen molar-refractivity contribution in [2.24, 2.45) is 0 Å². The largest absolute Gasteiger partial charge is 0.461 e. The van der Waals surface area contributed by atoms with Crippen LogP contribution in [0.15, 0.2) is 48.8 Å². The molecule has 10 heteroatoms. The van der Waals surface area contributed by atoms with Crippen LogP contribution in [0.1, 0.15) is 60.6 Å². The Morgan fingerprint density at radius 1 is 1.16 bits per heavy atom. The van der Waals surface area contributed by atoms with E-state index in [1.807, 2.05) is 0 Å². The average molecular weight is 611 g/mol. The van der Waals surface area contributed by atoms with E-state index in [-0.39, 0.29) is 24.6 Å². The zero-order chi connectivity index (χ0) is 31.1. The van der Waals surface area contributed by atoms with E-state index in [4.69, 9.17) is 19.4 Å². The third-order valence-corrected chi connectivity index (χ3v) is 10.2. The number of aryl methyl sites for hydroxylation is 1. The molecule has 4 aliphatic heterocycles. The van der Waals surface area contributed by atoms with Crippen molar-refractivity contribution in [3.63, 3.8) is 0 Å². The summed E-state index contributed by atoms with van der Waals surface area (Å²) in [4.78, 5) is 28.6. The van der Waals surface area contributed by atoms with Crippen molar-refractivity contribution < 1.29 is 18.7 Å². The van der Waals surface area contributed by atoms with Crippen molar-refractivity contribution in [2.75, 3.05) is 44.2 Å². The summed E-state index contributed by atoms with van der Waals surface area (Å²) < 4.78 is 26.9. The van der Waals surface area contributed by atoms with E-state index < -0.39 is 17.8 Å². The lowest BCUT2D eigenvalue weighted by molar-refractivity contribution is -0.131. The fourth-order valence-electron chi connectivity index (χ4n) is 8.00. The van der Waals surface area contributed by atoms with Crippen LogP contribution in [0.5, 0.6) is 6.01 Å². The lowest BCUT2D eigenvalue weighted by Crippen LogP contribution is -2.55. The van der Waals surface area contributed by atoms with Crippen molar-refractivity contribution in [1.29, 1.82) is 5.26 Å². The van der Waals surface area contributed by atoms with E-state index in [9.17, 15) is 14.4 Å². The number of carbonyl (C=O) groups excluding carboxylic acids is 1.